The van der Waals surface area contributed by atoms with Crippen LogP contribution in [0, 0.1) is 0 Å². The minimum absolute atomic E-state index is 0.156. The second-order valence-electron chi connectivity index (χ2n) is 6.47. The number of H-pyrrole nitrogens is 1. The molecule has 3 aromatic heterocycles. The van der Waals surface area contributed by atoms with Crippen molar-refractivity contribution in [3.8, 4) is 11.8 Å². The van der Waals surface area contributed by atoms with E-state index < -0.39 is 6.17 Å². The molecule has 11 heteroatoms. The fourth-order valence-electron chi connectivity index (χ4n) is 3.11. The Bertz CT molecular complexity index is 1110. The average Bonchev–Trinajstić information content (AvgIpc) is 3.35. The smallest absolute Gasteiger partial charge is 0.250 e. The molecule has 10 nitrogen and oxygen atoms in total. The maximum Gasteiger partial charge on any atom is 0.250 e. The summed E-state index contributed by atoms with van der Waals surface area (Å²) in [4.78, 5) is 17.5. The molecule has 1 aliphatic rings. The summed E-state index contributed by atoms with van der Waals surface area (Å²) in [7, 11) is 1.58. The van der Waals surface area contributed by atoms with Crippen LogP contribution in [-0.2, 0) is 4.74 Å². The van der Waals surface area contributed by atoms with Crippen LogP contribution >= 0.6 is 0 Å². The number of aromatic nitrogens is 5. The standard InChI is InChI=1S/C17H20FN7O3/c1-28-5-3-19-16-22-14-11(6-10-7-13(26)21-15(10)27)8-20-25(14)17(23-16)24-4-2-12(18)9-24/h6-8,12,21,26-27H,2-5,9H2,1H3/t12-/m1/s1. The SMILES string of the molecule is COCCN=c1nc(N2CC[C@@H](F)C2)n2ncc(=Cc3cc(O)[nH]c3O)c2n1. The lowest BCUT2D eigenvalue weighted by Crippen LogP contribution is -2.29. The molecule has 0 aliphatic carbocycles. The van der Waals surface area contributed by atoms with Crippen LogP contribution in [0.5, 0.6) is 11.8 Å². The van der Waals surface area contributed by atoms with Crippen molar-refractivity contribution in [1.82, 2.24) is 24.6 Å². The van der Waals surface area contributed by atoms with Crippen molar-refractivity contribution in [2.24, 2.45) is 4.99 Å². The Morgan fingerprint density at radius 2 is 2.29 bits per heavy atom. The topological polar surface area (TPSA) is 124 Å². The van der Waals surface area contributed by atoms with Crippen LogP contribution in [0.4, 0.5) is 10.3 Å². The Morgan fingerprint density at radius 1 is 1.43 bits per heavy atom. The zero-order chi connectivity index (χ0) is 19.7. The number of ether oxygens (including phenoxy) is 1. The Balaban J connectivity index is 1.88. The zero-order valence-electron chi connectivity index (χ0n) is 15.2. The average molecular weight is 389 g/mol. The van der Waals surface area contributed by atoms with E-state index in [9.17, 15) is 14.6 Å². The van der Waals surface area contributed by atoms with E-state index in [2.05, 4.69) is 25.0 Å². The van der Waals surface area contributed by atoms with Gasteiger partial charge in [-0.15, -0.1) is 0 Å². The minimum atomic E-state index is -0.916. The first-order valence-corrected chi connectivity index (χ1v) is 8.82. The summed E-state index contributed by atoms with van der Waals surface area (Å²) in [6.07, 6.45) is 2.71. The number of anilines is 1. The van der Waals surface area contributed by atoms with Gasteiger partial charge >= 0.3 is 0 Å². The molecule has 0 saturated carbocycles. The van der Waals surface area contributed by atoms with Crippen LogP contribution in [0.2, 0.25) is 0 Å². The molecule has 0 radical (unpaired) electrons. The fourth-order valence-corrected chi connectivity index (χ4v) is 3.11. The van der Waals surface area contributed by atoms with E-state index in [4.69, 9.17) is 4.74 Å². The Hall–Kier alpha value is -3.21. The van der Waals surface area contributed by atoms with Crippen molar-refractivity contribution in [3.63, 3.8) is 0 Å². The van der Waals surface area contributed by atoms with Crippen LogP contribution in [0.25, 0.3) is 11.7 Å². The Labute approximate surface area is 158 Å². The predicted octanol–water partition coefficient (Wildman–Crippen LogP) is -0.493. The number of nitrogens with one attached hydrogen (secondary N) is 1. The van der Waals surface area contributed by atoms with Gasteiger partial charge in [0.2, 0.25) is 11.6 Å². The number of alkyl halides is 1. The van der Waals surface area contributed by atoms with E-state index in [-0.39, 0.29) is 23.9 Å². The van der Waals surface area contributed by atoms with E-state index in [1.807, 2.05) is 4.90 Å². The largest absolute Gasteiger partial charge is 0.494 e. The highest BCUT2D eigenvalue weighted by Gasteiger charge is 2.25. The first kappa shape index (κ1) is 18.2. The van der Waals surface area contributed by atoms with Gasteiger partial charge in [-0.25, -0.2) is 9.38 Å². The Kier molecular flexibility index (Phi) is 4.82. The third kappa shape index (κ3) is 3.48. The van der Waals surface area contributed by atoms with Crippen LogP contribution in [-0.4, -0.2) is 74.3 Å². The molecule has 148 valence electrons. The number of hydrogen-bond acceptors (Lipinski definition) is 8. The third-order valence-electron chi connectivity index (χ3n) is 4.45. The summed E-state index contributed by atoms with van der Waals surface area (Å²) < 4.78 is 20.3. The van der Waals surface area contributed by atoms with Crippen molar-refractivity contribution in [1.29, 1.82) is 0 Å². The molecule has 28 heavy (non-hydrogen) atoms. The Morgan fingerprint density at radius 3 is 2.96 bits per heavy atom. The van der Waals surface area contributed by atoms with E-state index in [0.717, 1.165) is 0 Å². The maximum absolute atomic E-state index is 13.7. The van der Waals surface area contributed by atoms with Crippen molar-refractivity contribution in [2.45, 2.75) is 12.6 Å². The number of rotatable bonds is 5. The summed E-state index contributed by atoms with van der Waals surface area (Å²) in [5.41, 5.74) is 1.09. The van der Waals surface area contributed by atoms with Gasteiger partial charge in [0.15, 0.2) is 17.4 Å². The van der Waals surface area contributed by atoms with Crippen molar-refractivity contribution in [2.75, 3.05) is 38.3 Å². The van der Waals surface area contributed by atoms with Gasteiger partial charge in [0, 0.05) is 30.5 Å². The van der Waals surface area contributed by atoms with Gasteiger partial charge in [0.05, 0.1) is 25.9 Å². The molecule has 0 unspecified atom stereocenters. The summed E-state index contributed by atoms with van der Waals surface area (Å²) in [5.74, 6) is 0.134. The lowest BCUT2D eigenvalue weighted by Gasteiger charge is -2.16. The fraction of sp³-hybridized carbons (Fsp3) is 0.412. The van der Waals surface area contributed by atoms with Crippen molar-refractivity contribution in [3.05, 3.63) is 28.7 Å². The molecular formula is C17H20FN7O3. The molecule has 3 aromatic rings. The molecule has 4 rings (SSSR count). The van der Waals surface area contributed by atoms with Gasteiger partial charge in [-0.3, -0.25) is 4.98 Å². The normalized spacial score (nSPS) is 18.6. The molecular weight excluding hydrogens is 369 g/mol. The van der Waals surface area contributed by atoms with Crippen LogP contribution in [0.3, 0.4) is 0 Å². The van der Waals surface area contributed by atoms with Gasteiger partial charge in [0.25, 0.3) is 0 Å². The highest BCUT2D eigenvalue weighted by atomic mass is 19.1. The lowest BCUT2D eigenvalue weighted by atomic mass is 10.2. The van der Waals surface area contributed by atoms with Crippen molar-refractivity contribution >= 4 is 17.7 Å². The lowest BCUT2D eigenvalue weighted by molar-refractivity contribution is 0.207. The monoisotopic (exact) mass is 389 g/mol. The second-order valence-corrected chi connectivity index (χ2v) is 6.47. The third-order valence-corrected chi connectivity index (χ3v) is 4.45. The zero-order valence-corrected chi connectivity index (χ0v) is 15.2. The van der Waals surface area contributed by atoms with Gasteiger partial charge in [-0.05, 0) is 12.5 Å². The second kappa shape index (κ2) is 7.43. The number of nitrogens with zero attached hydrogens (tertiary/aromatic N) is 6. The number of hydrogen-bond donors (Lipinski definition) is 3. The minimum Gasteiger partial charge on any atom is -0.494 e. The molecule has 4 heterocycles. The predicted molar refractivity (Wildman–Crippen MR) is 97.7 cm³/mol. The maximum atomic E-state index is 13.7. The van der Waals surface area contributed by atoms with Gasteiger partial charge < -0.3 is 19.8 Å². The summed E-state index contributed by atoms with van der Waals surface area (Å²) in [6, 6.07) is 1.39. The molecule has 0 bridgehead atoms. The highest BCUT2D eigenvalue weighted by Crippen LogP contribution is 2.22. The summed E-state index contributed by atoms with van der Waals surface area (Å²) >= 11 is 0. The van der Waals surface area contributed by atoms with E-state index >= 15 is 0 Å². The number of fused-ring (bicyclic) bond motifs is 1. The van der Waals surface area contributed by atoms with Crippen LogP contribution in [0.15, 0.2) is 17.3 Å². The van der Waals surface area contributed by atoms with Gasteiger partial charge in [0.1, 0.15) is 6.17 Å². The summed E-state index contributed by atoms with van der Waals surface area (Å²) in [5, 5.41) is 24.3. The number of aromatic amines is 1. The number of aromatic hydroxyl groups is 2. The van der Waals surface area contributed by atoms with Crippen LogP contribution < -0.4 is 15.7 Å². The quantitative estimate of drug-likeness (QED) is 0.503. The van der Waals surface area contributed by atoms with E-state index in [1.165, 1.54) is 10.6 Å². The molecule has 1 atom stereocenters. The molecule has 0 amide bonds. The van der Waals surface area contributed by atoms with Crippen LogP contribution in [0.1, 0.15) is 12.0 Å². The first-order valence-electron chi connectivity index (χ1n) is 8.82. The number of halogens is 1. The molecule has 1 aliphatic heterocycles. The van der Waals surface area contributed by atoms with Crippen molar-refractivity contribution < 1.29 is 19.3 Å². The highest BCUT2D eigenvalue weighted by molar-refractivity contribution is 5.61. The molecule has 1 saturated heterocycles. The molecule has 1 fully saturated rings. The first-order chi connectivity index (χ1) is 13.5. The molecule has 0 spiro atoms. The number of methoxy groups -OCH3 is 1. The van der Waals surface area contributed by atoms with E-state index in [0.29, 0.717) is 48.5 Å². The van der Waals surface area contributed by atoms with Gasteiger partial charge in [-0.1, -0.05) is 0 Å². The molecule has 0 aromatic carbocycles. The van der Waals surface area contributed by atoms with Gasteiger partial charge in [-0.2, -0.15) is 19.6 Å². The summed E-state index contributed by atoms with van der Waals surface area (Å²) in [6.45, 7) is 1.57. The molecule has 3 N–H and O–H groups in total. The van der Waals surface area contributed by atoms with E-state index in [1.54, 1.807) is 19.4 Å².